The molecule has 0 atom stereocenters. The summed E-state index contributed by atoms with van der Waals surface area (Å²) < 4.78 is 0. The molecular weight excluding hydrogens is 556 g/mol. The van der Waals surface area contributed by atoms with Gasteiger partial charge in [0.2, 0.25) is 0 Å². The number of ketones is 4. The minimum Gasteiger partial charge on any atom is -0.294 e. The van der Waals surface area contributed by atoms with Gasteiger partial charge in [-0.2, -0.15) is 0 Å². The van der Waals surface area contributed by atoms with Crippen molar-refractivity contribution in [2.45, 2.75) is 123 Å². The maximum atomic E-state index is 12.4. The molecule has 4 heteroatoms. The van der Waals surface area contributed by atoms with Gasteiger partial charge in [-0.3, -0.25) is 19.2 Å². The van der Waals surface area contributed by atoms with Crippen LogP contribution in [0.25, 0.3) is 0 Å². The van der Waals surface area contributed by atoms with E-state index in [-0.39, 0.29) is 29.6 Å². The summed E-state index contributed by atoms with van der Waals surface area (Å²) in [6.07, 6.45) is 20.4. The van der Waals surface area contributed by atoms with Crippen LogP contribution < -0.4 is 0 Å². The van der Waals surface area contributed by atoms with Crippen LogP contribution in [0.4, 0.5) is 0 Å². The van der Waals surface area contributed by atoms with Gasteiger partial charge in [-0.15, -0.1) is 0 Å². The Morgan fingerprint density at radius 2 is 0.778 bits per heavy atom. The van der Waals surface area contributed by atoms with E-state index in [1.54, 1.807) is 60.7 Å². The van der Waals surface area contributed by atoms with Crippen LogP contribution in [0, 0.1) is 0 Å². The number of hydrogen-bond acceptors (Lipinski definition) is 4. The Morgan fingerprint density at radius 1 is 0.422 bits per heavy atom. The van der Waals surface area contributed by atoms with Crippen LogP contribution in [0.15, 0.2) is 84.9 Å². The summed E-state index contributed by atoms with van der Waals surface area (Å²) in [5, 5.41) is 0. The smallest absolute Gasteiger partial charge is 0.170 e. The van der Waals surface area contributed by atoms with Crippen molar-refractivity contribution in [3.05, 3.63) is 107 Å². The lowest BCUT2D eigenvalue weighted by Gasteiger charge is -2.06. The highest BCUT2D eigenvalue weighted by molar-refractivity contribution is 6.13. The molecule has 4 nitrogen and oxygen atoms in total. The fourth-order valence-corrected chi connectivity index (χ4v) is 5.42. The van der Waals surface area contributed by atoms with Crippen LogP contribution in [0.1, 0.15) is 164 Å². The van der Waals surface area contributed by atoms with E-state index in [0.29, 0.717) is 28.7 Å². The molecule has 242 valence electrons. The second-order valence-electron chi connectivity index (χ2n) is 12.0. The van der Waals surface area contributed by atoms with Crippen molar-refractivity contribution in [1.29, 1.82) is 0 Å². The molecule has 45 heavy (non-hydrogen) atoms. The standard InChI is InChI=1S/C26H42O2.C15H12O2/c1-3-4-5-6-7-8-9-10-11-12-13-14-15-16-17-22-26(28)25-21-19-18-20-24(25)23(2)27;16-14(12-7-3-1-4-8-12)11-15(17)13-9-5-2-6-10-13/h18-21H,3-17,22H2,1-2H3;1-10H,11H2. The number of benzene rings is 3. The molecule has 0 aromatic heterocycles. The SMILES string of the molecule is CCCCCCCCCCCCCCCCCC(=O)c1ccccc1C(C)=O.O=C(CC(=O)c1ccccc1)c1ccccc1. The van der Waals surface area contributed by atoms with Crippen LogP contribution in [0.3, 0.4) is 0 Å². The maximum absolute atomic E-state index is 12.4. The number of rotatable bonds is 22. The van der Waals surface area contributed by atoms with Gasteiger partial charge >= 0.3 is 0 Å². The van der Waals surface area contributed by atoms with Crippen LogP contribution in [0.5, 0.6) is 0 Å². The number of unbranched alkanes of at least 4 members (excludes halogenated alkanes) is 14. The van der Waals surface area contributed by atoms with Gasteiger partial charge in [-0.05, 0) is 13.3 Å². The molecular formula is C41H54O4. The average molecular weight is 611 g/mol. The van der Waals surface area contributed by atoms with Gasteiger partial charge in [-0.1, -0.05) is 182 Å². The van der Waals surface area contributed by atoms with Crippen LogP contribution in [0.2, 0.25) is 0 Å². The Morgan fingerprint density at radius 3 is 1.18 bits per heavy atom. The number of carbonyl (C=O) groups excluding carboxylic acids is 4. The first-order valence-corrected chi connectivity index (χ1v) is 17.2. The summed E-state index contributed by atoms with van der Waals surface area (Å²) in [5.41, 5.74) is 2.32. The molecule has 0 radical (unpaired) electrons. The van der Waals surface area contributed by atoms with Crippen LogP contribution in [-0.4, -0.2) is 23.1 Å². The van der Waals surface area contributed by atoms with Crippen molar-refractivity contribution in [2.24, 2.45) is 0 Å². The first-order valence-electron chi connectivity index (χ1n) is 17.2. The van der Waals surface area contributed by atoms with E-state index >= 15 is 0 Å². The minimum atomic E-state index is -0.139. The van der Waals surface area contributed by atoms with Gasteiger partial charge in [-0.25, -0.2) is 0 Å². The Kier molecular flexibility index (Phi) is 19.8. The van der Waals surface area contributed by atoms with Gasteiger partial charge in [0.25, 0.3) is 0 Å². The highest BCUT2D eigenvalue weighted by Crippen LogP contribution is 2.17. The Balaban J connectivity index is 0.000000351. The summed E-state index contributed by atoms with van der Waals surface area (Å²) in [4.78, 5) is 47.6. The fraction of sp³-hybridized carbons (Fsp3) is 0.463. The Labute approximate surface area is 272 Å². The largest absolute Gasteiger partial charge is 0.294 e. The Bertz CT molecular complexity index is 1210. The molecule has 0 aliphatic carbocycles. The topological polar surface area (TPSA) is 68.3 Å². The van der Waals surface area contributed by atoms with Crippen molar-refractivity contribution < 1.29 is 19.2 Å². The molecule has 0 aliphatic rings. The lowest BCUT2D eigenvalue weighted by Crippen LogP contribution is -2.08. The van der Waals surface area contributed by atoms with Crippen molar-refractivity contribution in [2.75, 3.05) is 0 Å². The summed E-state index contributed by atoms with van der Waals surface area (Å²) in [7, 11) is 0. The molecule has 0 amide bonds. The summed E-state index contributed by atoms with van der Waals surface area (Å²) in [6, 6.07) is 24.9. The molecule has 3 rings (SSSR count). The molecule has 0 saturated carbocycles. The highest BCUT2D eigenvalue weighted by atomic mass is 16.1. The lowest BCUT2D eigenvalue weighted by molar-refractivity contribution is 0.0892. The van der Waals surface area contributed by atoms with Crippen molar-refractivity contribution in [3.8, 4) is 0 Å². The molecule has 0 spiro atoms. The van der Waals surface area contributed by atoms with E-state index in [1.165, 1.54) is 90.4 Å². The van der Waals surface area contributed by atoms with Crippen molar-refractivity contribution in [3.63, 3.8) is 0 Å². The lowest BCUT2D eigenvalue weighted by atomic mass is 9.97. The highest BCUT2D eigenvalue weighted by Gasteiger charge is 2.14. The zero-order valence-electron chi connectivity index (χ0n) is 27.7. The number of Topliss-reactive ketones (excluding diaryl/α,β-unsaturated/α-hetero) is 4. The third kappa shape index (κ3) is 16.3. The number of hydrogen-bond donors (Lipinski definition) is 0. The summed E-state index contributed by atoms with van der Waals surface area (Å²) in [5.74, 6) is -0.195. The average Bonchev–Trinajstić information content (AvgIpc) is 3.07. The summed E-state index contributed by atoms with van der Waals surface area (Å²) >= 11 is 0. The van der Waals surface area contributed by atoms with E-state index < -0.39 is 0 Å². The quantitative estimate of drug-likeness (QED) is 0.0644. The van der Waals surface area contributed by atoms with Gasteiger partial charge in [0.1, 0.15) is 0 Å². The van der Waals surface area contributed by atoms with Gasteiger partial charge in [0, 0.05) is 28.7 Å². The first-order chi connectivity index (χ1) is 21.9. The Hall–Kier alpha value is -3.66. The van der Waals surface area contributed by atoms with E-state index in [9.17, 15) is 19.2 Å². The molecule has 0 heterocycles. The molecule has 0 fully saturated rings. The van der Waals surface area contributed by atoms with Gasteiger partial charge < -0.3 is 0 Å². The zero-order valence-corrected chi connectivity index (χ0v) is 27.7. The third-order valence-corrected chi connectivity index (χ3v) is 8.13. The normalized spacial score (nSPS) is 10.5. The van der Waals surface area contributed by atoms with Gasteiger partial charge in [0.15, 0.2) is 23.1 Å². The molecule has 3 aromatic rings. The molecule has 0 unspecified atom stereocenters. The van der Waals surface area contributed by atoms with E-state index in [0.717, 1.165) is 12.8 Å². The number of carbonyl (C=O) groups is 4. The predicted molar refractivity (Wildman–Crippen MR) is 186 cm³/mol. The van der Waals surface area contributed by atoms with E-state index in [1.807, 2.05) is 24.3 Å². The van der Waals surface area contributed by atoms with Crippen LogP contribution >= 0.6 is 0 Å². The zero-order chi connectivity index (χ0) is 32.5. The van der Waals surface area contributed by atoms with Gasteiger partial charge in [0.05, 0.1) is 6.42 Å². The third-order valence-electron chi connectivity index (χ3n) is 8.13. The summed E-state index contributed by atoms with van der Waals surface area (Å²) in [6.45, 7) is 3.80. The second-order valence-corrected chi connectivity index (χ2v) is 12.0. The molecule has 0 saturated heterocycles. The minimum absolute atomic E-state index is 0.0274. The van der Waals surface area contributed by atoms with Crippen LogP contribution in [-0.2, 0) is 0 Å². The monoisotopic (exact) mass is 610 g/mol. The fourth-order valence-electron chi connectivity index (χ4n) is 5.42. The van der Waals surface area contributed by atoms with Crippen molar-refractivity contribution in [1.82, 2.24) is 0 Å². The molecule has 0 aliphatic heterocycles. The molecule has 0 bridgehead atoms. The van der Waals surface area contributed by atoms with E-state index in [2.05, 4.69) is 6.92 Å². The molecule has 3 aromatic carbocycles. The van der Waals surface area contributed by atoms with E-state index in [4.69, 9.17) is 0 Å². The molecule has 0 N–H and O–H groups in total. The van der Waals surface area contributed by atoms with Crippen molar-refractivity contribution >= 4 is 23.1 Å². The second kappa shape index (κ2) is 23.7. The predicted octanol–water partition coefficient (Wildman–Crippen LogP) is 11.5. The first kappa shape index (κ1) is 37.5. The maximum Gasteiger partial charge on any atom is 0.170 e.